The number of nitrogens with zero attached hydrogens (tertiary/aromatic N) is 2. The summed E-state index contributed by atoms with van der Waals surface area (Å²) in [7, 11) is 1.82. The van der Waals surface area contributed by atoms with Crippen LogP contribution in [0.2, 0.25) is 5.15 Å². The lowest BCUT2D eigenvalue weighted by atomic mass is 9.77. The Bertz CT molecular complexity index is 487. The van der Waals surface area contributed by atoms with Crippen LogP contribution in [-0.2, 0) is 18.3 Å². The quantitative estimate of drug-likeness (QED) is 0.776. The summed E-state index contributed by atoms with van der Waals surface area (Å²) in [6.07, 6.45) is 8.94. The Hall–Kier alpha value is -0.830. The molecular formula is C17H27ClN2O. The van der Waals surface area contributed by atoms with Crippen molar-refractivity contribution in [1.82, 2.24) is 9.78 Å². The normalized spacial score (nSPS) is 22.5. The van der Waals surface area contributed by atoms with E-state index in [2.05, 4.69) is 12.0 Å². The average Bonchev–Trinajstić information content (AvgIpc) is 2.72. The van der Waals surface area contributed by atoms with Crippen molar-refractivity contribution < 1.29 is 4.79 Å². The second-order valence-electron chi connectivity index (χ2n) is 6.48. The van der Waals surface area contributed by atoms with Crippen molar-refractivity contribution in [3.63, 3.8) is 0 Å². The maximum Gasteiger partial charge on any atom is 0.140 e. The fraction of sp³-hybridized carbons (Fsp3) is 0.765. The molecule has 21 heavy (non-hydrogen) atoms. The molecular weight excluding hydrogens is 284 g/mol. The average molecular weight is 311 g/mol. The Labute approximate surface area is 133 Å². The molecule has 0 amide bonds. The summed E-state index contributed by atoms with van der Waals surface area (Å²) in [6.45, 7) is 4.17. The Morgan fingerprint density at radius 3 is 2.52 bits per heavy atom. The molecule has 1 saturated carbocycles. The van der Waals surface area contributed by atoms with E-state index in [0.717, 1.165) is 30.0 Å². The van der Waals surface area contributed by atoms with Crippen molar-refractivity contribution in [3.05, 3.63) is 16.4 Å². The summed E-state index contributed by atoms with van der Waals surface area (Å²) in [6, 6.07) is 0. The van der Waals surface area contributed by atoms with E-state index in [0.29, 0.717) is 17.4 Å². The van der Waals surface area contributed by atoms with E-state index in [9.17, 15) is 4.79 Å². The molecule has 3 nitrogen and oxygen atoms in total. The first-order valence-corrected chi connectivity index (χ1v) is 8.61. The van der Waals surface area contributed by atoms with E-state index >= 15 is 0 Å². The number of aromatic nitrogens is 2. The summed E-state index contributed by atoms with van der Waals surface area (Å²) in [4.78, 5) is 12.5. The summed E-state index contributed by atoms with van der Waals surface area (Å²) in [5.41, 5.74) is 1.80. The van der Waals surface area contributed by atoms with Gasteiger partial charge in [-0.25, -0.2) is 0 Å². The maximum atomic E-state index is 12.5. The van der Waals surface area contributed by atoms with Crippen LogP contribution in [-0.4, -0.2) is 15.6 Å². The van der Waals surface area contributed by atoms with Crippen LogP contribution in [0.3, 0.4) is 0 Å². The number of ketones is 1. The van der Waals surface area contributed by atoms with E-state index in [4.69, 9.17) is 11.6 Å². The van der Waals surface area contributed by atoms with Crippen molar-refractivity contribution in [2.75, 3.05) is 0 Å². The highest BCUT2D eigenvalue weighted by Crippen LogP contribution is 2.33. The number of carbonyl (C=O) groups is 1. The van der Waals surface area contributed by atoms with Gasteiger partial charge in [-0.1, -0.05) is 37.8 Å². The molecule has 0 atom stereocenters. The number of halogens is 1. The molecule has 0 spiro atoms. The monoisotopic (exact) mass is 310 g/mol. The Morgan fingerprint density at radius 2 is 2.00 bits per heavy atom. The van der Waals surface area contributed by atoms with Gasteiger partial charge in [0, 0.05) is 24.9 Å². The van der Waals surface area contributed by atoms with Crippen LogP contribution in [0, 0.1) is 18.8 Å². The summed E-state index contributed by atoms with van der Waals surface area (Å²) in [5, 5.41) is 4.90. The van der Waals surface area contributed by atoms with Gasteiger partial charge in [-0.05, 0) is 38.5 Å². The number of carbonyl (C=O) groups excluding carboxylic acids is 1. The lowest BCUT2D eigenvalue weighted by Gasteiger charge is -2.27. The first kappa shape index (κ1) is 16.5. The van der Waals surface area contributed by atoms with Gasteiger partial charge in [-0.2, -0.15) is 5.10 Å². The predicted molar refractivity (Wildman–Crippen MR) is 86.6 cm³/mol. The topological polar surface area (TPSA) is 34.9 Å². The second kappa shape index (κ2) is 7.44. The standard InChI is InChI=1S/C17H27ClN2O/c1-4-5-6-13-7-9-14(10-8-13)16(21)11-15-12(2)19-20(3)17(15)18/h13-14H,4-11H2,1-3H3. The van der Waals surface area contributed by atoms with Gasteiger partial charge in [0.1, 0.15) is 10.9 Å². The van der Waals surface area contributed by atoms with Crippen LogP contribution < -0.4 is 0 Å². The molecule has 1 aromatic rings. The Balaban J connectivity index is 1.88. The lowest BCUT2D eigenvalue weighted by Crippen LogP contribution is -2.23. The minimum atomic E-state index is 0.235. The van der Waals surface area contributed by atoms with Gasteiger partial charge in [0.05, 0.1) is 5.69 Å². The molecule has 0 N–H and O–H groups in total. The fourth-order valence-electron chi connectivity index (χ4n) is 3.46. The van der Waals surface area contributed by atoms with E-state index < -0.39 is 0 Å². The molecule has 1 aromatic heterocycles. The zero-order valence-corrected chi connectivity index (χ0v) is 14.2. The van der Waals surface area contributed by atoms with Crippen LogP contribution in [0.25, 0.3) is 0 Å². The van der Waals surface area contributed by atoms with E-state index in [1.807, 2.05) is 14.0 Å². The third-order valence-electron chi connectivity index (χ3n) is 4.89. The van der Waals surface area contributed by atoms with Crippen LogP contribution in [0.4, 0.5) is 0 Å². The first-order chi connectivity index (χ1) is 10.0. The van der Waals surface area contributed by atoms with Gasteiger partial charge in [-0.15, -0.1) is 0 Å². The molecule has 0 saturated heterocycles. The predicted octanol–water partition coefficient (Wildman–Crippen LogP) is 4.49. The fourth-order valence-corrected chi connectivity index (χ4v) is 3.70. The molecule has 0 aliphatic heterocycles. The van der Waals surface area contributed by atoms with Crippen molar-refractivity contribution >= 4 is 17.4 Å². The summed E-state index contributed by atoms with van der Waals surface area (Å²) in [5.74, 6) is 1.43. The molecule has 0 bridgehead atoms. The Morgan fingerprint density at radius 1 is 1.33 bits per heavy atom. The minimum absolute atomic E-state index is 0.235. The number of Topliss-reactive ketones (excluding diaryl/α,β-unsaturated/α-hetero) is 1. The zero-order valence-electron chi connectivity index (χ0n) is 13.5. The summed E-state index contributed by atoms with van der Waals surface area (Å²) >= 11 is 6.23. The third kappa shape index (κ3) is 4.09. The Kier molecular flexibility index (Phi) is 5.86. The van der Waals surface area contributed by atoms with Crippen LogP contribution in [0.5, 0.6) is 0 Å². The lowest BCUT2D eigenvalue weighted by molar-refractivity contribution is -0.123. The number of unbranched alkanes of at least 4 members (excludes halogenated alkanes) is 1. The number of hydrogen-bond donors (Lipinski definition) is 0. The molecule has 4 heteroatoms. The van der Waals surface area contributed by atoms with Crippen molar-refractivity contribution in [1.29, 1.82) is 0 Å². The van der Waals surface area contributed by atoms with Crippen LogP contribution in [0.15, 0.2) is 0 Å². The molecule has 1 aliphatic carbocycles. The third-order valence-corrected chi connectivity index (χ3v) is 5.36. The van der Waals surface area contributed by atoms with E-state index in [-0.39, 0.29) is 5.92 Å². The maximum absolute atomic E-state index is 12.5. The largest absolute Gasteiger partial charge is 0.299 e. The molecule has 1 fully saturated rings. The molecule has 1 heterocycles. The van der Waals surface area contributed by atoms with Crippen LogP contribution in [0.1, 0.15) is 63.1 Å². The smallest absolute Gasteiger partial charge is 0.140 e. The van der Waals surface area contributed by atoms with E-state index in [1.165, 1.54) is 32.1 Å². The highest BCUT2D eigenvalue weighted by molar-refractivity contribution is 6.30. The zero-order chi connectivity index (χ0) is 15.4. The van der Waals surface area contributed by atoms with Crippen molar-refractivity contribution in [3.8, 4) is 0 Å². The summed E-state index contributed by atoms with van der Waals surface area (Å²) < 4.78 is 1.65. The van der Waals surface area contributed by atoms with Crippen molar-refractivity contribution in [2.24, 2.45) is 18.9 Å². The SMILES string of the molecule is CCCCC1CCC(C(=O)Cc2c(C)nn(C)c2Cl)CC1. The molecule has 0 radical (unpaired) electrons. The number of hydrogen-bond acceptors (Lipinski definition) is 2. The van der Waals surface area contributed by atoms with Gasteiger partial charge in [0.15, 0.2) is 0 Å². The van der Waals surface area contributed by atoms with Gasteiger partial charge in [0.25, 0.3) is 0 Å². The van der Waals surface area contributed by atoms with Gasteiger partial charge in [-0.3, -0.25) is 9.48 Å². The number of aryl methyl sites for hydroxylation is 2. The highest BCUT2D eigenvalue weighted by atomic mass is 35.5. The van der Waals surface area contributed by atoms with Gasteiger partial charge in [0.2, 0.25) is 0 Å². The second-order valence-corrected chi connectivity index (χ2v) is 6.84. The molecule has 0 unspecified atom stereocenters. The first-order valence-electron chi connectivity index (χ1n) is 8.23. The molecule has 118 valence electrons. The van der Waals surface area contributed by atoms with Crippen LogP contribution >= 0.6 is 11.6 Å². The number of rotatable bonds is 6. The molecule has 1 aliphatic rings. The van der Waals surface area contributed by atoms with Gasteiger partial charge >= 0.3 is 0 Å². The molecule has 0 aromatic carbocycles. The molecule has 2 rings (SSSR count). The highest BCUT2D eigenvalue weighted by Gasteiger charge is 2.27. The van der Waals surface area contributed by atoms with E-state index in [1.54, 1.807) is 4.68 Å². The van der Waals surface area contributed by atoms with Crippen molar-refractivity contribution in [2.45, 2.75) is 65.2 Å². The van der Waals surface area contributed by atoms with Gasteiger partial charge < -0.3 is 0 Å². The minimum Gasteiger partial charge on any atom is -0.299 e.